The lowest BCUT2D eigenvalue weighted by Gasteiger charge is -2.06. The summed E-state index contributed by atoms with van der Waals surface area (Å²) >= 11 is 0. The molecule has 0 bridgehead atoms. The SMILES string of the molecule is Oc1cccnc1-c1cccc2ncccc12. The van der Waals surface area contributed by atoms with Crippen LogP contribution in [0, 0.1) is 0 Å². The highest BCUT2D eigenvalue weighted by molar-refractivity contribution is 5.94. The Hall–Kier alpha value is -2.42. The van der Waals surface area contributed by atoms with Crippen LogP contribution in [0.1, 0.15) is 0 Å². The fourth-order valence-corrected chi connectivity index (χ4v) is 1.91. The molecule has 0 spiro atoms. The zero-order chi connectivity index (χ0) is 11.7. The van der Waals surface area contributed by atoms with Gasteiger partial charge in [-0.15, -0.1) is 0 Å². The first-order valence-corrected chi connectivity index (χ1v) is 5.34. The zero-order valence-corrected chi connectivity index (χ0v) is 9.04. The van der Waals surface area contributed by atoms with Crippen LogP contribution in [0.25, 0.3) is 22.2 Å². The van der Waals surface area contributed by atoms with Crippen molar-refractivity contribution in [3.8, 4) is 17.0 Å². The molecule has 0 aliphatic heterocycles. The lowest BCUT2D eigenvalue weighted by molar-refractivity contribution is 0.475. The van der Waals surface area contributed by atoms with E-state index in [1.165, 1.54) is 0 Å². The number of hydrogen-bond donors (Lipinski definition) is 1. The average molecular weight is 222 g/mol. The second-order valence-electron chi connectivity index (χ2n) is 3.75. The maximum Gasteiger partial charge on any atom is 0.141 e. The van der Waals surface area contributed by atoms with Gasteiger partial charge in [-0.3, -0.25) is 9.97 Å². The number of nitrogens with zero attached hydrogens (tertiary/aromatic N) is 2. The average Bonchev–Trinajstić information content (AvgIpc) is 2.39. The van der Waals surface area contributed by atoms with Gasteiger partial charge in [0.15, 0.2) is 0 Å². The van der Waals surface area contributed by atoms with Crippen LogP contribution < -0.4 is 0 Å². The van der Waals surface area contributed by atoms with E-state index in [-0.39, 0.29) is 5.75 Å². The summed E-state index contributed by atoms with van der Waals surface area (Å²) in [6, 6.07) is 13.0. The van der Waals surface area contributed by atoms with Crippen LogP contribution >= 0.6 is 0 Å². The molecule has 0 saturated heterocycles. The summed E-state index contributed by atoms with van der Waals surface area (Å²) in [5.74, 6) is 0.184. The molecule has 82 valence electrons. The van der Waals surface area contributed by atoms with Gasteiger partial charge in [-0.1, -0.05) is 18.2 Å². The van der Waals surface area contributed by atoms with Crippen molar-refractivity contribution in [2.45, 2.75) is 0 Å². The smallest absolute Gasteiger partial charge is 0.141 e. The summed E-state index contributed by atoms with van der Waals surface area (Å²) in [6.45, 7) is 0. The van der Waals surface area contributed by atoms with Crippen LogP contribution in [0.5, 0.6) is 5.75 Å². The maximum atomic E-state index is 9.84. The molecular weight excluding hydrogens is 212 g/mol. The monoisotopic (exact) mass is 222 g/mol. The van der Waals surface area contributed by atoms with Gasteiger partial charge in [0.1, 0.15) is 11.4 Å². The van der Waals surface area contributed by atoms with E-state index in [0.29, 0.717) is 5.69 Å². The van der Waals surface area contributed by atoms with E-state index >= 15 is 0 Å². The molecule has 3 nitrogen and oxygen atoms in total. The Labute approximate surface area is 98.4 Å². The zero-order valence-electron chi connectivity index (χ0n) is 9.04. The molecule has 1 aromatic carbocycles. The van der Waals surface area contributed by atoms with Crippen molar-refractivity contribution >= 4 is 10.9 Å². The van der Waals surface area contributed by atoms with Crippen LogP contribution in [0.4, 0.5) is 0 Å². The predicted octanol–water partition coefficient (Wildman–Crippen LogP) is 3.00. The minimum atomic E-state index is 0.184. The molecule has 0 atom stereocenters. The third-order valence-corrected chi connectivity index (χ3v) is 2.69. The van der Waals surface area contributed by atoms with Gasteiger partial charge >= 0.3 is 0 Å². The molecule has 3 heteroatoms. The van der Waals surface area contributed by atoms with Gasteiger partial charge in [-0.25, -0.2) is 0 Å². The fourth-order valence-electron chi connectivity index (χ4n) is 1.91. The summed E-state index contributed by atoms with van der Waals surface area (Å²) < 4.78 is 0. The highest BCUT2D eigenvalue weighted by Gasteiger charge is 2.08. The van der Waals surface area contributed by atoms with Gasteiger partial charge in [-0.05, 0) is 24.3 Å². The van der Waals surface area contributed by atoms with Gasteiger partial charge in [0.2, 0.25) is 0 Å². The van der Waals surface area contributed by atoms with Crippen molar-refractivity contribution in [2.75, 3.05) is 0 Å². The number of aromatic hydroxyl groups is 1. The van der Waals surface area contributed by atoms with Crippen molar-refractivity contribution in [1.82, 2.24) is 9.97 Å². The molecule has 3 rings (SSSR count). The van der Waals surface area contributed by atoms with Gasteiger partial charge in [0.25, 0.3) is 0 Å². The molecule has 2 aromatic heterocycles. The van der Waals surface area contributed by atoms with Crippen molar-refractivity contribution < 1.29 is 5.11 Å². The second-order valence-corrected chi connectivity index (χ2v) is 3.75. The minimum absolute atomic E-state index is 0.184. The van der Waals surface area contributed by atoms with Gasteiger partial charge in [0, 0.05) is 23.3 Å². The molecule has 0 amide bonds. The van der Waals surface area contributed by atoms with E-state index in [9.17, 15) is 5.11 Å². The Balaban J connectivity index is 2.35. The molecular formula is C14H10N2O. The Bertz CT molecular complexity index is 674. The van der Waals surface area contributed by atoms with Crippen LogP contribution in [-0.4, -0.2) is 15.1 Å². The lowest BCUT2D eigenvalue weighted by atomic mass is 10.0. The topological polar surface area (TPSA) is 46.0 Å². The fraction of sp³-hybridized carbons (Fsp3) is 0. The highest BCUT2D eigenvalue weighted by atomic mass is 16.3. The van der Waals surface area contributed by atoms with Crippen LogP contribution in [0.2, 0.25) is 0 Å². The Kier molecular flexibility index (Phi) is 2.22. The summed E-state index contributed by atoms with van der Waals surface area (Å²) in [4.78, 5) is 8.51. The quantitative estimate of drug-likeness (QED) is 0.688. The lowest BCUT2D eigenvalue weighted by Crippen LogP contribution is -1.86. The van der Waals surface area contributed by atoms with E-state index in [1.54, 1.807) is 24.5 Å². The Morgan fingerprint density at radius 1 is 0.824 bits per heavy atom. The molecule has 2 heterocycles. The van der Waals surface area contributed by atoms with Gasteiger partial charge in [0.05, 0.1) is 5.52 Å². The molecule has 1 N–H and O–H groups in total. The summed E-state index contributed by atoms with van der Waals surface area (Å²) in [5, 5.41) is 10.8. The first-order valence-electron chi connectivity index (χ1n) is 5.34. The molecule has 0 aliphatic rings. The van der Waals surface area contributed by atoms with E-state index in [1.807, 2.05) is 30.3 Å². The van der Waals surface area contributed by atoms with E-state index in [2.05, 4.69) is 9.97 Å². The van der Waals surface area contributed by atoms with Gasteiger partial charge in [-0.2, -0.15) is 0 Å². The number of pyridine rings is 2. The highest BCUT2D eigenvalue weighted by Crippen LogP contribution is 2.31. The molecule has 0 radical (unpaired) electrons. The first-order chi connectivity index (χ1) is 8.36. The summed E-state index contributed by atoms with van der Waals surface area (Å²) in [7, 11) is 0. The molecule has 3 aromatic rings. The summed E-state index contributed by atoms with van der Waals surface area (Å²) in [6.07, 6.45) is 3.43. The van der Waals surface area contributed by atoms with E-state index < -0.39 is 0 Å². The Morgan fingerprint density at radius 2 is 1.65 bits per heavy atom. The van der Waals surface area contributed by atoms with E-state index in [4.69, 9.17) is 0 Å². The van der Waals surface area contributed by atoms with Crippen LogP contribution in [0.15, 0.2) is 54.9 Å². The molecule has 17 heavy (non-hydrogen) atoms. The third-order valence-electron chi connectivity index (χ3n) is 2.69. The predicted molar refractivity (Wildman–Crippen MR) is 66.6 cm³/mol. The number of hydrogen-bond acceptors (Lipinski definition) is 3. The van der Waals surface area contributed by atoms with E-state index in [0.717, 1.165) is 16.5 Å². The number of benzene rings is 1. The number of aromatic nitrogens is 2. The standard InChI is InChI=1S/C14H10N2O/c17-13-7-3-9-16-14(13)11-4-1-6-12-10(11)5-2-8-15-12/h1-9,17H. The molecule has 0 unspecified atom stereocenters. The largest absolute Gasteiger partial charge is 0.506 e. The van der Waals surface area contributed by atoms with Crippen molar-refractivity contribution in [3.05, 3.63) is 54.9 Å². The Morgan fingerprint density at radius 3 is 2.53 bits per heavy atom. The third kappa shape index (κ3) is 1.61. The van der Waals surface area contributed by atoms with Crippen LogP contribution in [0.3, 0.4) is 0 Å². The number of fused-ring (bicyclic) bond motifs is 1. The van der Waals surface area contributed by atoms with Crippen molar-refractivity contribution in [1.29, 1.82) is 0 Å². The molecule has 0 fully saturated rings. The van der Waals surface area contributed by atoms with Crippen molar-refractivity contribution in [2.24, 2.45) is 0 Å². The summed E-state index contributed by atoms with van der Waals surface area (Å²) in [5.41, 5.74) is 2.38. The molecule has 0 saturated carbocycles. The minimum Gasteiger partial charge on any atom is -0.506 e. The normalized spacial score (nSPS) is 10.6. The molecule has 0 aliphatic carbocycles. The van der Waals surface area contributed by atoms with Crippen molar-refractivity contribution in [3.63, 3.8) is 0 Å². The number of rotatable bonds is 1. The maximum absolute atomic E-state index is 9.84. The van der Waals surface area contributed by atoms with Gasteiger partial charge < -0.3 is 5.11 Å². The first kappa shape index (κ1) is 9.78. The van der Waals surface area contributed by atoms with Crippen LogP contribution in [-0.2, 0) is 0 Å². The second kappa shape index (κ2) is 3.87.